The van der Waals surface area contributed by atoms with Gasteiger partial charge in [0, 0.05) is 39.3 Å². The molecule has 1 heterocycles. The van der Waals surface area contributed by atoms with Gasteiger partial charge in [-0.2, -0.15) is 13.2 Å². The summed E-state index contributed by atoms with van der Waals surface area (Å²) in [5, 5.41) is 9.21. The van der Waals surface area contributed by atoms with Gasteiger partial charge in [-0.3, -0.25) is 9.80 Å². The van der Waals surface area contributed by atoms with Crippen molar-refractivity contribution >= 4 is 9.84 Å². The molecule has 0 saturated carbocycles. The van der Waals surface area contributed by atoms with Crippen molar-refractivity contribution in [1.82, 2.24) is 9.80 Å². The van der Waals surface area contributed by atoms with Crippen molar-refractivity contribution in [3.05, 3.63) is 0 Å². The monoisotopic (exact) mass is 304 g/mol. The Hall–Kier alpha value is -0.380. The van der Waals surface area contributed by atoms with Gasteiger partial charge in [0.05, 0.1) is 11.9 Å². The molecule has 0 amide bonds. The molecule has 0 spiro atoms. The van der Waals surface area contributed by atoms with Crippen molar-refractivity contribution in [3.8, 4) is 0 Å². The minimum Gasteiger partial charge on any atom is -0.392 e. The number of piperazine rings is 1. The van der Waals surface area contributed by atoms with Gasteiger partial charge >= 0.3 is 5.51 Å². The average Bonchev–Trinajstić information content (AvgIpc) is 2.26. The zero-order valence-corrected chi connectivity index (χ0v) is 11.5. The van der Waals surface area contributed by atoms with E-state index in [9.17, 15) is 26.7 Å². The fraction of sp³-hybridized carbons (Fsp3) is 1.00. The molecule has 0 aromatic carbocycles. The lowest BCUT2D eigenvalue weighted by Gasteiger charge is -2.35. The molecule has 0 aliphatic carbocycles. The van der Waals surface area contributed by atoms with Gasteiger partial charge in [0.15, 0.2) is 0 Å². The van der Waals surface area contributed by atoms with Crippen LogP contribution in [0.5, 0.6) is 0 Å². The third-order valence-electron chi connectivity index (χ3n) is 3.02. The normalized spacial score (nSPS) is 21.5. The summed E-state index contributed by atoms with van der Waals surface area (Å²) in [7, 11) is -5.02. The molecule has 5 nitrogen and oxygen atoms in total. The maximum atomic E-state index is 12.2. The highest BCUT2D eigenvalue weighted by molar-refractivity contribution is 7.92. The van der Waals surface area contributed by atoms with Gasteiger partial charge in [-0.15, -0.1) is 0 Å². The highest BCUT2D eigenvalue weighted by atomic mass is 32.2. The summed E-state index contributed by atoms with van der Waals surface area (Å²) in [6.45, 7) is 4.36. The van der Waals surface area contributed by atoms with Gasteiger partial charge in [0.2, 0.25) is 9.84 Å². The quantitative estimate of drug-likeness (QED) is 0.770. The van der Waals surface area contributed by atoms with E-state index in [1.165, 1.54) is 0 Å². The molecule has 19 heavy (non-hydrogen) atoms. The van der Waals surface area contributed by atoms with Crippen LogP contribution in [0.25, 0.3) is 0 Å². The summed E-state index contributed by atoms with van der Waals surface area (Å²) in [6, 6.07) is 0. The van der Waals surface area contributed by atoms with Crippen molar-refractivity contribution in [2.75, 3.05) is 45.0 Å². The van der Waals surface area contributed by atoms with Crippen LogP contribution in [0.3, 0.4) is 0 Å². The summed E-state index contributed by atoms with van der Waals surface area (Å²) < 4.78 is 58.3. The number of halogens is 3. The Labute approximate surface area is 110 Å². The molecule has 1 atom stereocenters. The standard InChI is InChI=1S/C10H19F3N2O3S/c1-9(16)8-15-4-2-14(3-5-15)6-7-19(17,18)10(11,12)13/h9,16H,2-8H2,1H3/t9-/m0/s1. The Morgan fingerprint density at radius 1 is 1.16 bits per heavy atom. The minimum absolute atomic E-state index is 0.107. The van der Waals surface area contributed by atoms with Gasteiger partial charge in [-0.05, 0) is 6.92 Å². The fourth-order valence-corrected chi connectivity index (χ4v) is 2.66. The number of hydrogen-bond acceptors (Lipinski definition) is 5. The predicted molar refractivity (Wildman–Crippen MR) is 64.4 cm³/mol. The van der Waals surface area contributed by atoms with E-state index in [4.69, 9.17) is 0 Å². The van der Waals surface area contributed by atoms with Crippen LogP contribution in [0.4, 0.5) is 13.2 Å². The highest BCUT2D eigenvalue weighted by Gasteiger charge is 2.45. The van der Waals surface area contributed by atoms with Crippen molar-refractivity contribution in [2.45, 2.75) is 18.5 Å². The Kier molecular flexibility index (Phi) is 5.60. The Morgan fingerprint density at radius 3 is 2.05 bits per heavy atom. The summed E-state index contributed by atoms with van der Waals surface area (Å²) in [5.41, 5.74) is -5.17. The Morgan fingerprint density at radius 2 is 1.63 bits per heavy atom. The number of β-amino-alcohol motifs (C(OH)–C–C–N with tert-alkyl or cyclic N) is 1. The number of alkyl halides is 3. The van der Waals surface area contributed by atoms with Crippen LogP contribution in [0, 0.1) is 0 Å². The van der Waals surface area contributed by atoms with E-state index in [-0.39, 0.29) is 6.54 Å². The first-order valence-corrected chi connectivity index (χ1v) is 7.69. The number of nitrogens with zero attached hydrogens (tertiary/aromatic N) is 2. The predicted octanol–water partition coefficient (Wildman–Crippen LogP) is -0.0806. The van der Waals surface area contributed by atoms with Crippen molar-refractivity contribution < 1.29 is 26.7 Å². The van der Waals surface area contributed by atoms with Crippen LogP contribution in [0.15, 0.2) is 0 Å². The van der Waals surface area contributed by atoms with Crippen molar-refractivity contribution in [3.63, 3.8) is 0 Å². The second-order valence-corrected chi connectivity index (χ2v) is 6.86. The van der Waals surface area contributed by atoms with Crippen LogP contribution >= 0.6 is 0 Å². The molecular weight excluding hydrogens is 285 g/mol. The molecule has 1 N–H and O–H groups in total. The summed E-state index contributed by atoms with van der Waals surface area (Å²) in [5.74, 6) is -0.896. The number of hydrogen-bond donors (Lipinski definition) is 1. The maximum absolute atomic E-state index is 12.2. The van der Waals surface area contributed by atoms with Gasteiger partial charge in [-0.1, -0.05) is 0 Å². The van der Waals surface area contributed by atoms with E-state index in [0.29, 0.717) is 32.7 Å². The number of rotatable bonds is 5. The summed E-state index contributed by atoms with van der Waals surface area (Å²) in [4.78, 5) is 3.70. The van der Waals surface area contributed by atoms with Gasteiger partial charge in [0.1, 0.15) is 0 Å². The molecule has 0 radical (unpaired) electrons. The lowest BCUT2D eigenvalue weighted by atomic mass is 10.3. The fourth-order valence-electron chi connectivity index (χ4n) is 1.93. The third-order valence-corrected chi connectivity index (χ3v) is 4.44. The Bertz CT molecular complexity index is 376. The molecule has 0 aromatic heterocycles. The molecule has 1 aliphatic heterocycles. The molecule has 1 saturated heterocycles. The molecule has 0 aromatic rings. The Balaban J connectivity index is 2.35. The number of aliphatic hydroxyl groups is 1. The first-order chi connectivity index (χ1) is 8.62. The lowest BCUT2D eigenvalue weighted by Crippen LogP contribution is -2.49. The first-order valence-electron chi connectivity index (χ1n) is 6.03. The minimum atomic E-state index is -5.17. The maximum Gasteiger partial charge on any atom is 0.497 e. The molecular formula is C10H19F3N2O3S. The molecule has 0 bridgehead atoms. The highest BCUT2D eigenvalue weighted by Crippen LogP contribution is 2.23. The molecule has 1 rings (SSSR count). The van der Waals surface area contributed by atoms with E-state index in [0.717, 1.165) is 0 Å². The van der Waals surface area contributed by atoms with E-state index in [1.54, 1.807) is 11.8 Å². The molecule has 1 aliphatic rings. The van der Waals surface area contributed by atoms with E-state index in [1.807, 2.05) is 4.90 Å². The molecule has 0 unspecified atom stereocenters. The van der Waals surface area contributed by atoms with E-state index < -0.39 is 27.2 Å². The number of sulfone groups is 1. The molecule has 114 valence electrons. The van der Waals surface area contributed by atoms with Gasteiger partial charge in [-0.25, -0.2) is 8.42 Å². The average molecular weight is 304 g/mol. The largest absolute Gasteiger partial charge is 0.497 e. The van der Waals surface area contributed by atoms with Crippen LogP contribution in [-0.4, -0.2) is 80.0 Å². The van der Waals surface area contributed by atoms with Crippen LogP contribution in [0.2, 0.25) is 0 Å². The van der Waals surface area contributed by atoms with Gasteiger partial charge < -0.3 is 5.11 Å². The van der Waals surface area contributed by atoms with E-state index in [2.05, 4.69) is 0 Å². The van der Waals surface area contributed by atoms with Gasteiger partial charge in [0.25, 0.3) is 0 Å². The van der Waals surface area contributed by atoms with E-state index >= 15 is 0 Å². The van der Waals surface area contributed by atoms with Crippen LogP contribution in [0.1, 0.15) is 6.92 Å². The second kappa shape index (κ2) is 6.38. The van der Waals surface area contributed by atoms with Crippen molar-refractivity contribution in [2.24, 2.45) is 0 Å². The van der Waals surface area contributed by atoms with Crippen molar-refractivity contribution in [1.29, 1.82) is 0 Å². The molecule has 9 heteroatoms. The van der Waals surface area contributed by atoms with Crippen LogP contribution < -0.4 is 0 Å². The number of aliphatic hydroxyl groups excluding tert-OH is 1. The summed E-state index contributed by atoms with van der Waals surface area (Å²) >= 11 is 0. The topological polar surface area (TPSA) is 60.9 Å². The zero-order chi connectivity index (χ0) is 14.7. The van der Waals surface area contributed by atoms with Crippen LogP contribution in [-0.2, 0) is 9.84 Å². The first kappa shape index (κ1) is 16.7. The molecule has 1 fully saturated rings. The SMILES string of the molecule is C[C@H](O)CN1CCN(CCS(=O)(=O)C(F)(F)F)CC1. The zero-order valence-electron chi connectivity index (χ0n) is 10.7. The second-order valence-electron chi connectivity index (χ2n) is 4.76. The third kappa shape index (κ3) is 5.25. The smallest absolute Gasteiger partial charge is 0.392 e. The summed E-state index contributed by atoms with van der Waals surface area (Å²) in [6.07, 6.45) is -0.447. The lowest BCUT2D eigenvalue weighted by molar-refractivity contribution is -0.0437.